The van der Waals surface area contributed by atoms with Gasteiger partial charge in [-0.2, -0.15) is 0 Å². The average Bonchev–Trinajstić information content (AvgIpc) is 2.51. The van der Waals surface area contributed by atoms with E-state index in [1.54, 1.807) is 0 Å². The quantitative estimate of drug-likeness (QED) is 0.314. The number of rotatable bonds is 12. The van der Waals surface area contributed by atoms with Crippen LogP contribution in [0.2, 0.25) is 0 Å². The third-order valence-corrected chi connectivity index (χ3v) is 3.78. The van der Waals surface area contributed by atoms with Gasteiger partial charge in [0.1, 0.15) is 0 Å². The van der Waals surface area contributed by atoms with Gasteiger partial charge in [0.05, 0.1) is 6.10 Å². The Kier molecular flexibility index (Phi) is 13.4. The summed E-state index contributed by atoms with van der Waals surface area (Å²) in [5.74, 6) is 0. The van der Waals surface area contributed by atoms with Crippen molar-refractivity contribution in [2.45, 2.75) is 78.7 Å². The summed E-state index contributed by atoms with van der Waals surface area (Å²) >= 11 is 0. The summed E-state index contributed by atoms with van der Waals surface area (Å²) in [6.45, 7) is 12.5. The molecule has 0 aromatic carbocycles. The Morgan fingerprint density at radius 1 is 0.957 bits per heavy atom. The minimum absolute atomic E-state index is 0.392. The Bertz CT molecular complexity index is 431. The van der Waals surface area contributed by atoms with Crippen LogP contribution in [0.25, 0.3) is 0 Å². The van der Waals surface area contributed by atoms with Crippen LogP contribution >= 0.6 is 0 Å². The first-order valence-corrected chi connectivity index (χ1v) is 8.88. The van der Waals surface area contributed by atoms with Crippen LogP contribution in [-0.4, -0.2) is 11.2 Å². The molecule has 0 bridgehead atoms. The maximum atomic E-state index is 10.1. The molecule has 130 valence electrons. The molecule has 0 aliphatic carbocycles. The summed E-state index contributed by atoms with van der Waals surface area (Å²) in [6, 6.07) is 0. The fraction of sp³-hybridized carbons (Fsp3) is 0.545. The Balaban J connectivity index is 3.94. The highest BCUT2D eigenvalue weighted by molar-refractivity contribution is 5.12. The number of allylic oxidation sites excluding steroid dienone is 8. The van der Waals surface area contributed by atoms with Gasteiger partial charge in [0.2, 0.25) is 0 Å². The van der Waals surface area contributed by atoms with E-state index in [4.69, 9.17) is 0 Å². The van der Waals surface area contributed by atoms with Gasteiger partial charge in [0, 0.05) is 0 Å². The molecule has 0 rings (SSSR count). The van der Waals surface area contributed by atoms with E-state index >= 15 is 0 Å². The molecule has 0 heterocycles. The minimum Gasteiger partial charge on any atom is -0.389 e. The monoisotopic (exact) mass is 316 g/mol. The highest BCUT2D eigenvalue weighted by Gasteiger charge is 2.06. The van der Waals surface area contributed by atoms with Crippen LogP contribution in [0.15, 0.2) is 59.8 Å². The molecule has 0 saturated carbocycles. The molecule has 1 N–H and O–H groups in total. The first kappa shape index (κ1) is 21.7. The van der Waals surface area contributed by atoms with Gasteiger partial charge in [-0.25, -0.2) is 0 Å². The van der Waals surface area contributed by atoms with Crippen molar-refractivity contribution in [1.29, 1.82) is 0 Å². The summed E-state index contributed by atoms with van der Waals surface area (Å²) in [5.41, 5.74) is 3.67. The first-order valence-electron chi connectivity index (χ1n) is 8.88. The number of aliphatic hydroxyl groups excluding tert-OH is 1. The summed E-state index contributed by atoms with van der Waals surface area (Å²) in [7, 11) is 0. The average molecular weight is 317 g/mol. The van der Waals surface area contributed by atoms with Crippen molar-refractivity contribution >= 4 is 0 Å². The molecule has 23 heavy (non-hydrogen) atoms. The molecule has 0 fully saturated rings. The third-order valence-electron chi connectivity index (χ3n) is 3.78. The second-order valence-electron chi connectivity index (χ2n) is 6.44. The second kappa shape index (κ2) is 14.3. The van der Waals surface area contributed by atoms with E-state index in [-0.39, 0.29) is 0 Å². The van der Waals surface area contributed by atoms with Gasteiger partial charge in [-0.15, -0.1) is 0 Å². The predicted octanol–water partition coefficient (Wildman–Crippen LogP) is 6.68. The molecule has 0 saturated heterocycles. The lowest BCUT2D eigenvalue weighted by atomic mass is 10.0. The number of aliphatic hydroxyl groups is 1. The predicted molar refractivity (Wildman–Crippen MR) is 105 cm³/mol. The second-order valence-corrected chi connectivity index (χ2v) is 6.44. The standard InChI is InChI=1S/C22H36O/c1-6-7-8-9-10-11-12-16-22(23)21(5)18-17-20(4)15-13-14-19(2)3/h6-7,10-11,14,17,22-23H,5,8-9,12-13,15-16,18H2,1-4H3. The Hall–Kier alpha value is -1.34. The summed E-state index contributed by atoms with van der Waals surface area (Å²) in [5, 5.41) is 10.1. The summed E-state index contributed by atoms with van der Waals surface area (Å²) in [6.07, 6.45) is 19.5. The lowest BCUT2D eigenvalue weighted by Crippen LogP contribution is -2.08. The zero-order valence-electron chi connectivity index (χ0n) is 15.6. The van der Waals surface area contributed by atoms with Gasteiger partial charge in [-0.1, -0.05) is 54.2 Å². The first-order chi connectivity index (χ1) is 11.0. The van der Waals surface area contributed by atoms with Crippen LogP contribution < -0.4 is 0 Å². The van der Waals surface area contributed by atoms with Crippen molar-refractivity contribution < 1.29 is 5.11 Å². The van der Waals surface area contributed by atoms with E-state index < -0.39 is 6.10 Å². The maximum absolute atomic E-state index is 10.1. The van der Waals surface area contributed by atoms with Crippen LogP contribution in [0.1, 0.15) is 72.6 Å². The molecule has 0 radical (unpaired) electrons. The Morgan fingerprint density at radius 3 is 2.26 bits per heavy atom. The molecule has 0 aromatic heterocycles. The van der Waals surface area contributed by atoms with Crippen molar-refractivity contribution in [2.75, 3.05) is 0 Å². The van der Waals surface area contributed by atoms with Crippen molar-refractivity contribution in [3.63, 3.8) is 0 Å². The minimum atomic E-state index is -0.392. The zero-order valence-corrected chi connectivity index (χ0v) is 15.6. The van der Waals surface area contributed by atoms with E-state index in [0.717, 1.165) is 50.5 Å². The molecule has 0 aliphatic rings. The van der Waals surface area contributed by atoms with E-state index in [9.17, 15) is 5.11 Å². The van der Waals surface area contributed by atoms with Gasteiger partial charge in [-0.05, 0) is 78.2 Å². The van der Waals surface area contributed by atoms with Crippen LogP contribution in [0.4, 0.5) is 0 Å². The highest BCUT2D eigenvalue weighted by Crippen LogP contribution is 2.15. The topological polar surface area (TPSA) is 20.2 Å². The summed E-state index contributed by atoms with van der Waals surface area (Å²) in [4.78, 5) is 0. The molecule has 1 heteroatoms. The fourth-order valence-corrected chi connectivity index (χ4v) is 2.18. The van der Waals surface area contributed by atoms with E-state index in [1.807, 2.05) is 6.92 Å². The summed E-state index contributed by atoms with van der Waals surface area (Å²) < 4.78 is 0. The van der Waals surface area contributed by atoms with Gasteiger partial charge >= 0.3 is 0 Å². The van der Waals surface area contributed by atoms with Crippen LogP contribution in [0.3, 0.4) is 0 Å². The lowest BCUT2D eigenvalue weighted by Gasteiger charge is -2.11. The molecular formula is C22H36O. The van der Waals surface area contributed by atoms with Gasteiger partial charge < -0.3 is 5.11 Å². The van der Waals surface area contributed by atoms with Crippen LogP contribution in [0, 0.1) is 0 Å². The van der Waals surface area contributed by atoms with Crippen molar-refractivity contribution in [3.8, 4) is 0 Å². The van der Waals surface area contributed by atoms with Crippen molar-refractivity contribution in [3.05, 3.63) is 59.8 Å². The largest absolute Gasteiger partial charge is 0.389 e. The van der Waals surface area contributed by atoms with E-state index in [1.165, 1.54) is 11.1 Å². The SMILES string of the molecule is C=C(CC=C(C)CCC=C(C)C)C(O)CCC=CCCC=CC. The van der Waals surface area contributed by atoms with Crippen LogP contribution in [0.5, 0.6) is 0 Å². The van der Waals surface area contributed by atoms with E-state index in [2.05, 4.69) is 63.8 Å². The normalized spacial score (nSPS) is 13.7. The molecule has 1 unspecified atom stereocenters. The molecule has 1 atom stereocenters. The molecule has 0 aromatic rings. The molecule has 1 nitrogen and oxygen atoms in total. The molecular weight excluding hydrogens is 280 g/mol. The molecule has 0 spiro atoms. The number of hydrogen-bond donors (Lipinski definition) is 1. The Morgan fingerprint density at radius 2 is 1.61 bits per heavy atom. The van der Waals surface area contributed by atoms with E-state index in [0.29, 0.717) is 0 Å². The maximum Gasteiger partial charge on any atom is 0.0753 e. The smallest absolute Gasteiger partial charge is 0.0753 e. The van der Waals surface area contributed by atoms with Crippen molar-refractivity contribution in [2.24, 2.45) is 0 Å². The van der Waals surface area contributed by atoms with Gasteiger partial charge in [0.15, 0.2) is 0 Å². The third kappa shape index (κ3) is 14.0. The van der Waals surface area contributed by atoms with Gasteiger partial charge in [0.25, 0.3) is 0 Å². The highest BCUT2D eigenvalue weighted by atomic mass is 16.3. The van der Waals surface area contributed by atoms with Crippen molar-refractivity contribution in [1.82, 2.24) is 0 Å². The molecule has 0 amide bonds. The molecule has 0 aliphatic heterocycles. The van der Waals surface area contributed by atoms with Gasteiger partial charge in [-0.3, -0.25) is 0 Å². The number of unbranched alkanes of at least 4 members (excludes halogenated alkanes) is 1. The lowest BCUT2D eigenvalue weighted by molar-refractivity contribution is 0.200. The zero-order chi connectivity index (χ0) is 17.5. The van der Waals surface area contributed by atoms with Crippen LogP contribution in [-0.2, 0) is 0 Å². The fourth-order valence-electron chi connectivity index (χ4n) is 2.18. The Labute approximate surface area is 144 Å². The number of hydrogen-bond acceptors (Lipinski definition) is 1.